The Morgan fingerprint density at radius 1 is 1.35 bits per heavy atom. The summed E-state index contributed by atoms with van der Waals surface area (Å²) < 4.78 is 25.0. The first kappa shape index (κ1) is 16.5. The van der Waals surface area contributed by atoms with Crippen molar-refractivity contribution in [3.05, 3.63) is 35.9 Å². The van der Waals surface area contributed by atoms with Gasteiger partial charge in [0.25, 0.3) is 6.43 Å². The third-order valence-corrected chi connectivity index (χ3v) is 2.94. The summed E-state index contributed by atoms with van der Waals surface area (Å²) in [4.78, 5) is 13.1. The Kier molecular flexibility index (Phi) is 6.47. The van der Waals surface area contributed by atoms with Crippen LogP contribution in [-0.2, 0) is 4.79 Å². The minimum atomic E-state index is -2.69. The summed E-state index contributed by atoms with van der Waals surface area (Å²) >= 11 is 4.87. The highest BCUT2D eigenvalue weighted by Crippen LogP contribution is 2.19. The number of carbonyl (C=O) groups is 1. The highest BCUT2D eigenvalue weighted by molar-refractivity contribution is 7.80. The Labute approximate surface area is 121 Å². The van der Waals surface area contributed by atoms with Gasteiger partial charge in [-0.25, -0.2) is 8.78 Å². The monoisotopic (exact) mass is 302 g/mol. The van der Waals surface area contributed by atoms with Gasteiger partial charge >= 0.3 is 0 Å². The van der Waals surface area contributed by atoms with Gasteiger partial charge in [-0.05, 0) is 5.56 Å². The van der Waals surface area contributed by atoms with E-state index >= 15 is 0 Å². The molecule has 1 amide bonds. The fraction of sp³-hybridized carbons (Fsp3) is 0.385. The summed E-state index contributed by atoms with van der Waals surface area (Å²) in [5.74, 6) is -1.59. The van der Waals surface area contributed by atoms with Gasteiger partial charge in [-0.2, -0.15) is 0 Å². The van der Waals surface area contributed by atoms with Crippen LogP contribution < -0.4 is 5.73 Å². The molecule has 0 spiro atoms. The van der Waals surface area contributed by atoms with Crippen molar-refractivity contribution in [2.24, 2.45) is 5.73 Å². The minimum Gasteiger partial charge on any atom is -0.395 e. The Morgan fingerprint density at radius 2 is 1.95 bits per heavy atom. The number of nitrogens with zero attached hydrogens (tertiary/aromatic N) is 1. The smallest absolute Gasteiger partial charge is 0.255 e. The predicted molar refractivity (Wildman–Crippen MR) is 75.6 cm³/mol. The molecular weight excluding hydrogens is 286 g/mol. The molecule has 3 N–H and O–H groups in total. The molecule has 0 saturated heterocycles. The minimum absolute atomic E-state index is 0.0848. The number of amides is 1. The standard InChI is InChI=1S/C13H16F2N2O2S/c14-10(15)8-17(6-7-18)13(19)11(12(16)20)9-4-2-1-3-5-9/h1-5,10-11,18H,6-8H2,(H2,16,20). The number of nitrogens with two attached hydrogens (primary N) is 1. The summed E-state index contributed by atoms with van der Waals surface area (Å²) in [5.41, 5.74) is 6.11. The molecule has 1 aromatic rings. The van der Waals surface area contributed by atoms with Crippen molar-refractivity contribution < 1.29 is 18.7 Å². The number of alkyl halides is 2. The number of hydrogen-bond acceptors (Lipinski definition) is 3. The first-order valence-electron chi connectivity index (χ1n) is 5.99. The third kappa shape index (κ3) is 4.50. The number of rotatable bonds is 7. The fourth-order valence-electron chi connectivity index (χ4n) is 1.84. The number of aliphatic hydroxyl groups excluding tert-OH is 1. The number of aliphatic hydroxyl groups is 1. The molecule has 1 atom stereocenters. The van der Waals surface area contributed by atoms with Gasteiger partial charge in [0.15, 0.2) is 0 Å². The molecule has 1 rings (SSSR count). The SMILES string of the molecule is NC(=S)C(C(=O)N(CCO)CC(F)F)c1ccccc1. The lowest BCUT2D eigenvalue weighted by Gasteiger charge is -2.26. The average molecular weight is 302 g/mol. The molecular formula is C13H16F2N2O2S. The van der Waals surface area contributed by atoms with Gasteiger partial charge in [0.1, 0.15) is 5.92 Å². The first-order valence-corrected chi connectivity index (χ1v) is 6.40. The molecule has 0 aliphatic rings. The molecule has 1 aromatic carbocycles. The quantitative estimate of drug-likeness (QED) is 0.741. The van der Waals surface area contributed by atoms with Crippen LogP contribution in [0.1, 0.15) is 11.5 Å². The fourth-order valence-corrected chi connectivity index (χ4v) is 2.07. The summed E-state index contributed by atoms with van der Waals surface area (Å²) in [6.07, 6.45) is -2.69. The Morgan fingerprint density at radius 3 is 2.40 bits per heavy atom. The Bertz CT molecular complexity index is 457. The van der Waals surface area contributed by atoms with Gasteiger partial charge < -0.3 is 15.7 Å². The topological polar surface area (TPSA) is 66.6 Å². The number of benzene rings is 1. The highest BCUT2D eigenvalue weighted by atomic mass is 32.1. The van der Waals surface area contributed by atoms with Crippen molar-refractivity contribution in [3.8, 4) is 0 Å². The van der Waals surface area contributed by atoms with Crippen LogP contribution in [0.15, 0.2) is 30.3 Å². The van der Waals surface area contributed by atoms with E-state index in [1.165, 1.54) is 0 Å². The van der Waals surface area contributed by atoms with Crippen molar-refractivity contribution in [2.75, 3.05) is 19.7 Å². The number of hydrogen-bond donors (Lipinski definition) is 2. The Hall–Kier alpha value is -1.60. The van der Waals surface area contributed by atoms with Crippen LogP contribution in [-0.4, -0.2) is 47.0 Å². The van der Waals surface area contributed by atoms with E-state index in [1.54, 1.807) is 30.3 Å². The van der Waals surface area contributed by atoms with Gasteiger partial charge in [-0.15, -0.1) is 0 Å². The largest absolute Gasteiger partial charge is 0.395 e. The second-order valence-electron chi connectivity index (χ2n) is 4.15. The molecule has 110 valence electrons. The highest BCUT2D eigenvalue weighted by Gasteiger charge is 2.29. The number of thiocarbonyl (C=S) groups is 1. The summed E-state index contributed by atoms with van der Waals surface area (Å²) in [6.45, 7) is -1.35. The van der Waals surface area contributed by atoms with E-state index in [4.69, 9.17) is 23.1 Å². The van der Waals surface area contributed by atoms with Crippen LogP contribution in [0.5, 0.6) is 0 Å². The second-order valence-corrected chi connectivity index (χ2v) is 4.62. The van der Waals surface area contributed by atoms with E-state index in [2.05, 4.69) is 0 Å². The van der Waals surface area contributed by atoms with Gasteiger partial charge in [-0.1, -0.05) is 42.5 Å². The third-order valence-electron chi connectivity index (χ3n) is 2.70. The molecule has 4 nitrogen and oxygen atoms in total. The molecule has 0 heterocycles. The van der Waals surface area contributed by atoms with Crippen molar-refractivity contribution in [1.29, 1.82) is 0 Å². The first-order chi connectivity index (χ1) is 9.47. The Balaban J connectivity index is 3.00. The average Bonchev–Trinajstić information content (AvgIpc) is 2.38. The number of halogens is 2. The molecule has 0 bridgehead atoms. The molecule has 1 unspecified atom stereocenters. The van der Waals surface area contributed by atoms with Crippen molar-refractivity contribution in [1.82, 2.24) is 4.90 Å². The zero-order valence-electron chi connectivity index (χ0n) is 10.7. The molecule has 0 saturated carbocycles. The summed E-state index contributed by atoms with van der Waals surface area (Å²) in [5, 5.41) is 8.89. The lowest BCUT2D eigenvalue weighted by atomic mass is 9.97. The summed E-state index contributed by atoms with van der Waals surface area (Å²) in [7, 11) is 0. The maximum atomic E-state index is 12.5. The van der Waals surface area contributed by atoms with Crippen molar-refractivity contribution >= 4 is 23.1 Å². The van der Waals surface area contributed by atoms with Crippen LogP contribution in [0.3, 0.4) is 0 Å². The molecule has 0 aliphatic carbocycles. The molecule has 20 heavy (non-hydrogen) atoms. The maximum Gasteiger partial charge on any atom is 0.255 e. The van der Waals surface area contributed by atoms with Crippen LogP contribution in [0.4, 0.5) is 8.78 Å². The van der Waals surface area contributed by atoms with E-state index in [-0.39, 0.29) is 11.5 Å². The van der Waals surface area contributed by atoms with Crippen molar-refractivity contribution in [2.45, 2.75) is 12.3 Å². The maximum absolute atomic E-state index is 12.5. The predicted octanol–water partition coefficient (Wildman–Crippen LogP) is 1.14. The molecule has 0 aromatic heterocycles. The molecule has 0 radical (unpaired) electrons. The van der Waals surface area contributed by atoms with E-state index in [9.17, 15) is 13.6 Å². The van der Waals surface area contributed by atoms with Gasteiger partial charge in [0.05, 0.1) is 18.1 Å². The zero-order valence-corrected chi connectivity index (χ0v) is 11.5. The van der Waals surface area contributed by atoms with E-state index < -0.39 is 31.4 Å². The lowest BCUT2D eigenvalue weighted by molar-refractivity contribution is -0.133. The van der Waals surface area contributed by atoms with E-state index in [0.29, 0.717) is 5.56 Å². The van der Waals surface area contributed by atoms with E-state index in [1.807, 2.05) is 0 Å². The second kappa shape index (κ2) is 7.86. The summed E-state index contributed by atoms with van der Waals surface area (Å²) in [6, 6.07) is 8.48. The normalized spacial score (nSPS) is 12.2. The van der Waals surface area contributed by atoms with Gasteiger partial charge in [-0.3, -0.25) is 4.79 Å². The van der Waals surface area contributed by atoms with Crippen LogP contribution in [0.2, 0.25) is 0 Å². The lowest BCUT2D eigenvalue weighted by Crippen LogP contribution is -2.43. The van der Waals surface area contributed by atoms with Crippen molar-refractivity contribution in [3.63, 3.8) is 0 Å². The molecule has 7 heteroatoms. The molecule has 0 aliphatic heterocycles. The van der Waals surface area contributed by atoms with Gasteiger partial charge in [0.2, 0.25) is 5.91 Å². The number of carbonyl (C=O) groups excluding carboxylic acids is 1. The van der Waals surface area contributed by atoms with Gasteiger partial charge in [0, 0.05) is 6.54 Å². The molecule has 0 fully saturated rings. The van der Waals surface area contributed by atoms with Crippen LogP contribution >= 0.6 is 12.2 Å². The zero-order chi connectivity index (χ0) is 15.1. The van der Waals surface area contributed by atoms with Crippen LogP contribution in [0.25, 0.3) is 0 Å². The van der Waals surface area contributed by atoms with E-state index in [0.717, 1.165) is 4.90 Å². The van der Waals surface area contributed by atoms with Crippen LogP contribution in [0, 0.1) is 0 Å².